The normalized spacial score (nSPS) is 35.1. The van der Waals surface area contributed by atoms with Gasteiger partial charge in [-0.15, -0.1) is 0 Å². The number of aliphatic hydroxyl groups excluding tert-OH is 1. The zero-order valence-electron chi connectivity index (χ0n) is 6.58. The maximum absolute atomic E-state index is 9.45. The minimum absolute atomic E-state index is 0.0277. The summed E-state index contributed by atoms with van der Waals surface area (Å²) in [6, 6.07) is 0. The van der Waals surface area contributed by atoms with Crippen molar-refractivity contribution in [2.45, 2.75) is 25.7 Å². The fourth-order valence-electron chi connectivity index (χ4n) is 1.39. The highest BCUT2D eigenvalue weighted by atomic mass is 16.5. The Kier molecular flexibility index (Phi) is 2.65. The number of likely N-dealkylation sites (N-methyl/N-ethyl adjacent to an activating group) is 1. The molecule has 0 aliphatic carbocycles. The van der Waals surface area contributed by atoms with E-state index in [9.17, 15) is 5.11 Å². The summed E-state index contributed by atoms with van der Waals surface area (Å²) < 4.78 is 5.06. The van der Waals surface area contributed by atoms with Crippen LogP contribution in [0.15, 0.2) is 0 Å². The van der Waals surface area contributed by atoms with Crippen molar-refractivity contribution in [2.75, 3.05) is 20.2 Å². The van der Waals surface area contributed by atoms with Crippen molar-refractivity contribution in [3.8, 4) is 0 Å². The Morgan fingerprint density at radius 2 is 2.40 bits per heavy atom. The average Bonchev–Trinajstić information content (AvgIpc) is 2.30. The van der Waals surface area contributed by atoms with Gasteiger partial charge in [0.15, 0.2) is 0 Å². The van der Waals surface area contributed by atoms with Crippen molar-refractivity contribution in [2.24, 2.45) is 0 Å². The maximum atomic E-state index is 9.45. The van der Waals surface area contributed by atoms with Crippen molar-refractivity contribution in [3.05, 3.63) is 0 Å². The molecule has 1 fully saturated rings. The first kappa shape index (κ1) is 7.98. The van der Waals surface area contributed by atoms with E-state index in [0.717, 1.165) is 19.5 Å². The van der Waals surface area contributed by atoms with Crippen LogP contribution in [0.5, 0.6) is 0 Å². The molecule has 0 amide bonds. The molecule has 0 aromatic heterocycles. The number of methoxy groups -OCH3 is 1. The van der Waals surface area contributed by atoms with Crippen molar-refractivity contribution >= 4 is 0 Å². The molecule has 1 aliphatic heterocycles. The lowest BCUT2D eigenvalue weighted by Crippen LogP contribution is -2.35. The topological polar surface area (TPSA) is 32.7 Å². The Morgan fingerprint density at radius 3 is 2.70 bits per heavy atom. The predicted molar refractivity (Wildman–Crippen MR) is 38.7 cm³/mol. The van der Waals surface area contributed by atoms with Crippen molar-refractivity contribution < 1.29 is 9.84 Å². The predicted octanol–water partition coefficient (Wildman–Crippen LogP) is 0.0454. The van der Waals surface area contributed by atoms with E-state index >= 15 is 0 Å². The Labute approximate surface area is 61.6 Å². The maximum Gasteiger partial charge on any atom is 0.133 e. The van der Waals surface area contributed by atoms with Crippen molar-refractivity contribution in [1.29, 1.82) is 0 Å². The molecule has 0 bridgehead atoms. The molecule has 3 nitrogen and oxygen atoms in total. The third-order valence-corrected chi connectivity index (χ3v) is 2.12. The number of hydrogen-bond acceptors (Lipinski definition) is 3. The molecule has 2 atom stereocenters. The summed E-state index contributed by atoms with van der Waals surface area (Å²) >= 11 is 0. The largest absolute Gasteiger partial charge is 0.377 e. The number of nitrogens with zero attached hydrogens (tertiary/aromatic N) is 1. The minimum Gasteiger partial charge on any atom is -0.377 e. The van der Waals surface area contributed by atoms with Gasteiger partial charge in [-0.25, -0.2) is 0 Å². The first-order valence-corrected chi connectivity index (χ1v) is 3.74. The number of hydrogen-bond donors (Lipinski definition) is 1. The number of likely N-dealkylation sites (tertiary alicyclic amines) is 1. The van der Waals surface area contributed by atoms with Gasteiger partial charge in [0.1, 0.15) is 6.23 Å². The van der Waals surface area contributed by atoms with Gasteiger partial charge in [0.25, 0.3) is 0 Å². The Morgan fingerprint density at radius 1 is 1.70 bits per heavy atom. The van der Waals surface area contributed by atoms with E-state index in [4.69, 9.17) is 4.74 Å². The van der Waals surface area contributed by atoms with E-state index in [1.807, 2.05) is 11.8 Å². The average molecular weight is 145 g/mol. The zero-order valence-corrected chi connectivity index (χ0v) is 6.58. The molecule has 1 saturated heterocycles. The van der Waals surface area contributed by atoms with Crippen LogP contribution >= 0.6 is 0 Å². The van der Waals surface area contributed by atoms with Crippen LogP contribution in [0.25, 0.3) is 0 Å². The quantitative estimate of drug-likeness (QED) is 0.595. The van der Waals surface area contributed by atoms with Crippen LogP contribution in [0.1, 0.15) is 13.3 Å². The molecule has 1 heterocycles. The smallest absolute Gasteiger partial charge is 0.133 e. The summed E-state index contributed by atoms with van der Waals surface area (Å²) in [4.78, 5) is 2.01. The Bertz CT molecular complexity index is 95.8. The molecule has 1 rings (SSSR count). The van der Waals surface area contributed by atoms with Gasteiger partial charge < -0.3 is 9.84 Å². The molecule has 3 heteroatoms. The molecular formula is C7H15NO2. The summed E-state index contributed by atoms with van der Waals surface area (Å²) in [5, 5.41) is 9.45. The van der Waals surface area contributed by atoms with Gasteiger partial charge in [-0.3, -0.25) is 4.90 Å². The Balaban J connectivity index is 2.41. The minimum atomic E-state index is -0.380. The van der Waals surface area contributed by atoms with Crippen LogP contribution in [0.3, 0.4) is 0 Å². The molecule has 60 valence electrons. The lowest BCUT2D eigenvalue weighted by molar-refractivity contribution is -0.0516. The first-order valence-electron chi connectivity index (χ1n) is 3.74. The van der Waals surface area contributed by atoms with Gasteiger partial charge in [0, 0.05) is 13.7 Å². The lowest BCUT2D eigenvalue weighted by atomic mass is 10.3. The third-order valence-electron chi connectivity index (χ3n) is 2.12. The molecule has 10 heavy (non-hydrogen) atoms. The van der Waals surface area contributed by atoms with Gasteiger partial charge in [-0.2, -0.15) is 0 Å². The van der Waals surface area contributed by atoms with Gasteiger partial charge in [-0.05, 0) is 13.0 Å². The monoisotopic (exact) mass is 145 g/mol. The molecule has 2 unspecified atom stereocenters. The second-order valence-corrected chi connectivity index (χ2v) is 2.61. The van der Waals surface area contributed by atoms with Crippen molar-refractivity contribution in [3.63, 3.8) is 0 Å². The van der Waals surface area contributed by atoms with Crippen LogP contribution in [-0.4, -0.2) is 42.5 Å². The first-order chi connectivity index (χ1) is 4.79. The summed E-state index contributed by atoms with van der Waals surface area (Å²) in [5.74, 6) is 0. The highest BCUT2D eigenvalue weighted by molar-refractivity contribution is 4.78. The Hall–Kier alpha value is -0.120. The van der Waals surface area contributed by atoms with E-state index in [2.05, 4.69) is 0 Å². The molecule has 0 spiro atoms. The van der Waals surface area contributed by atoms with E-state index in [1.165, 1.54) is 0 Å². The van der Waals surface area contributed by atoms with Crippen molar-refractivity contribution in [1.82, 2.24) is 4.90 Å². The summed E-state index contributed by atoms with van der Waals surface area (Å²) in [6.45, 7) is 3.90. The molecular weight excluding hydrogens is 130 g/mol. The van der Waals surface area contributed by atoms with E-state index in [0.29, 0.717) is 0 Å². The van der Waals surface area contributed by atoms with E-state index < -0.39 is 0 Å². The molecule has 1 N–H and O–H groups in total. The molecule has 0 saturated carbocycles. The highest BCUT2D eigenvalue weighted by Gasteiger charge is 2.30. The SMILES string of the molecule is CCN1CCC(OC)C1O. The van der Waals surface area contributed by atoms with Gasteiger partial charge in [-0.1, -0.05) is 6.92 Å². The summed E-state index contributed by atoms with van der Waals surface area (Å²) in [7, 11) is 1.65. The molecule has 1 aliphatic rings. The zero-order chi connectivity index (χ0) is 7.56. The van der Waals surface area contributed by atoms with Crippen LogP contribution in [0, 0.1) is 0 Å². The fourth-order valence-corrected chi connectivity index (χ4v) is 1.39. The molecule has 0 aromatic rings. The van der Waals surface area contributed by atoms with E-state index in [-0.39, 0.29) is 12.3 Å². The van der Waals surface area contributed by atoms with Crippen LogP contribution in [0.4, 0.5) is 0 Å². The molecule has 0 radical (unpaired) electrons. The number of ether oxygens (including phenoxy) is 1. The fraction of sp³-hybridized carbons (Fsp3) is 1.00. The standard InChI is InChI=1S/C7H15NO2/c1-3-8-5-4-6(10-2)7(8)9/h6-7,9H,3-5H2,1-2H3. The number of rotatable bonds is 2. The second kappa shape index (κ2) is 3.32. The summed E-state index contributed by atoms with van der Waals surface area (Å²) in [6.07, 6.45) is 0.598. The third kappa shape index (κ3) is 1.31. The molecule has 0 aromatic carbocycles. The second-order valence-electron chi connectivity index (χ2n) is 2.61. The van der Waals surface area contributed by atoms with Crippen LogP contribution in [0.2, 0.25) is 0 Å². The van der Waals surface area contributed by atoms with Gasteiger partial charge >= 0.3 is 0 Å². The van der Waals surface area contributed by atoms with Crippen LogP contribution in [-0.2, 0) is 4.74 Å². The lowest BCUT2D eigenvalue weighted by Gasteiger charge is -2.20. The number of aliphatic hydroxyl groups is 1. The van der Waals surface area contributed by atoms with E-state index in [1.54, 1.807) is 7.11 Å². The van der Waals surface area contributed by atoms with Crippen LogP contribution < -0.4 is 0 Å². The summed E-state index contributed by atoms with van der Waals surface area (Å²) in [5.41, 5.74) is 0. The van der Waals surface area contributed by atoms with Gasteiger partial charge in [0.05, 0.1) is 6.10 Å². The highest BCUT2D eigenvalue weighted by Crippen LogP contribution is 2.17. The van der Waals surface area contributed by atoms with Gasteiger partial charge in [0.2, 0.25) is 0 Å².